The van der Waals surface area contributed by atoms with Crippen molar-refractivity contribution in [3.8, 4) is 0 Å². The fourth-order valence-electron chi connectivity index (χ4n) is 3.15. The molecule has 0 atom stereocenters. The van der Waals surface area contributed by atoms with Crippen LogP contribution in [0.1, 0.15) is 30.9 Å². The van der Waals surface area contributed by atoms with Gasteiger partial charge in [-0.15, -0.1) is 11.8 Å². The van der Waals surface area contributed by atoms with Crippen LogP contribution in [-0.4, -0.2) is 20.1 Å². The summed E-state index contributed by atoms with van der Waals surface area (Å²) in [5.41, 5.74) is 2.56. The number of halogens is 1. The molecule has 4 nitrogen and oxygen atoms in total. The highest BCUT2D eigenvalue weighted by Gasteiger charge is 2.31. The summed E-state index contributed by atoms with van der Waals surface area (Å²) in [5, 5.41) is 0.428. The summed E-state index contributed by atoms with van der Waals surface area (Å²) < 4.78 is 27.8. The average molecular weight is 488 g/mol. The molecule has 0 aliphatic heterocycles. The van der Waals surface area contributed by atoms with Gasteiger partial charge in [0.2, 0.25) is 0 Å². The lowest BCUT2D eigenvalue weighted by Crippen LogP contribution is -2.38. The number of nitrogens with zero attached hydrogens (tertiary/aromatic N) is 1. The number of unbranched alkanes of at least 4 members (excludes halogenated alkanes) is 1. The summed E-state index contributed by atoms with van der Waals surface area (Å²) in [6.07, 6.45) is 3.05. The van der Waals surface area contributed by atoms with Crippen LogP contribution < -0.4 is 4.31 Å². The molecule has 1 amide bonds. The second-order valence-electron chi connectivity index (χ2n) is 7.49. The largest absolute Gasteiger partial charge is 0.272 e. The highest BCUT2D eigenvalue weighted by Crippen LogP contribution is 2.28. The Bertz CT molecular complexity index is 1140. The molecule has 0 bridgehead atoms. The number of thioether (sulfide) groups is 1. The molecule has 168 valence electrons. The van der Waals surface area contributed by atoms with Crippen LogP contribution in [0.2, 0.25) is 5.02 Å². The number of hydrogen-bond donors (Lipinski definition) is 0. The molecule has 0 spiro atoms. The van der Waals surface area contributed by atoms with Gasteiger partial charge in [-0.1, -0.05) is 54.8 Å². The van der Waals surface area contributed by atoms with Crippen molar-refractivity contribution in [1.29, 1.82) is 0 Å². The Hall–Kier alpha value is -2.28. The lowest BCUT2D eigenvalue weighted by Gasteiger charge is -2.23. The van der Waals surface area contributed by atoms with Crippen LogP contribution in [0.5, 0.6) is 0 Å². The van der Waals surface area contributed by atoms with Gasteiger partial charge >= 0.3 is 0 Å². The molecule has 3 aromatic carbocycles. The normalized spacial score (nSPS) is 11.3. The van der Waals surface area contributed by atoms with Gasteiger partial charge in [0.05, 0.1) is 16.3 Å². The van der Waals surface area contributed by atoms with Gasteiger partial charge < -0.3 is 0 Å². The molecule has 0 saturated heterocycles. The number of anilines is 1. The molecule has 3 aromatic rings. The number of hydrogen-bond acceptors (Lipinski definition) is 4. The van der Waals surface area contributed by atoms with E-state index in [1.807, 2.05) is 43.3 Å². The topological polar surface area (TPSA) is 54.5 Å². The summed E-state index contributed by atoms with van der Waals surface area (Å²) in [7, 11) is -4.10. The molecule has 3 rings (SSSR count). The Morgan fingerprint density at radius 2 is 1.56 bits per heavy atom. The Morgan fingerprint density at radius 3 is 2.16 bits per heavy atom. The second-order valence-corrected chi connectivity index (χ2v) is 10.8. The van der Waals surface area contributed by atoms with E-state index in [0.717, 1.165) is 39.6 Å². The highest BCUT2D eigenvalue weighted by atomic mass is 35.5. The van der Waals surface area contributed by atoms with E-state index in [1.54, 1.807) is 12.1 Å². The van der Waals surface area contributed by atoms with Gasteiger partial charge in [-0.05, 0) is 73.9 Å². The minimum Gasteiger partial charge on any atom is -0.272 e. The lowest BCUT2D eigenvalue weighted by molar-refractivity contribution is -0.115. The average Bonchev–Trinajstić information content (AvgIpc) is 2.78. The molecule has 0 aliphatic carbocycles. The summed E-state index contributed by atoms with van der Waals surface area (Å²) in [6, 6.07) is 20.8. The summed E-state index contributed by atoms with van der Waals surface area (Å²) >= 11 is 7.24. The third kappa shape index (κ3) is 6.15. The maximum Gasteiger partial charge on any atom is 0.270 e. The zero-order chi connectivity index (χ0) is 23.1. The van der Waals surface area contributed by atoms with Gasteiger partial charge in [0.1, 0.15) is 0 Å². The predicted octanol–water partition coefficient (Wildman–Crippen LogP) is 6.51. The van der Waals surface area contributed by atoms with Crippen molar-refractivity contribution >= 4 is 45.0 Å². The van der Waals surface area contributed by atoms with Crippen LogP contribution in [0.3, 0.4) is 0 Å². The van der Waals surface area contributed by atoms with Gasteiger partial charge in [-0.25, -0.2) is 12.7 Å². The Morgan fingerprint density at radius 1 is 0.938 bits per heavy atom. The standard InChI is InChI=1S/C25H26ClNO3S2/c1-3-4-5-20-8-12-22(13-9-20)27(32(29,30)24-16-10-21(26)11-17-24)25(28)18-31-23-14-6-19(2)7-15-23/h6-17H,3-5,18H2,1-2H3. The summed E-state index contributed by atoms with van der Waals surface area (Å²) in [5.74, 6) is -0.514. The van der Waals surface area contributed by atoms with Crippen LogP contribution in [-0.2, 0) is 21.2 Å². The quantitative estimate of drug-likeness (QED) is 0.323. The summed E-state index contributed by atoms with van der Waals surface area (Å²) in [4.78, 5) is 14.2. The number of rotatable bonds is 9. The van der Waals surface area contributed by atoms with Gasteiger partial charge in [0.15, 0.2) is 0 Å². The maximum atomic E-state index is 13.5. The first-order valence-electron chi connectivity index (χ1n) is 10.4. The van der Waals surface area contributed by atoms with Crippen molar-refractivity contribution in [2.45, 2.75) is 42.9 Å². The molecule has 0 N–H and O–H groups in total. The molecule has 32 heavy (non-hydrogen) atoms. The minimum atomic E-state index is -4.10. The number of carbonyl (C=O) groups excluding carboxylic acids is 1. The number of aryl methyl sites for hydroxylation is 2. The molecular weight excluding hydrogens is 462 g/mol. The fraction of sp³-hybridized carbons (Fsp3) is 0.240. The van der Waals surface area contributed by atoms with Crippen molar-refractivity contribution in [2.75, 3.05) is 10.1 Å². The van der Waals surface area contributed by atoms with Crippen molar-refractivity contribution in [3.05, 3.63) is 88.9 Å². The Labute approximate surface area is 199 Å². The van der Waals surface area contributed by atoms with E-state index in [4.69, 9.17) is 11.6 Å². The van der Waals surface area contributed by atoms with E-state index >= 15 is 0 Å². The fourth-order valence-corrected chi connectivity index (χ4v) is 5.52. The molecule has 0 unspecified atom stereocenters. The van der Waals surface area contributed by atoms with Crippen LogP contribution >= 0.6 is 23.4 Å². The van der Waals surface area contributed by atoms with Crippen LogP contribution in [0.15, 0.2) is 82.6 Å². The SMILES string of the molecule is CCCCc1ccc(N(C(=O)CSc2ccc(C)cc2)S(=O)(=O)c2ccc(Cl)cc2)cc1. The van der Waals surface area contributed by atoms with E-state index < -0.39 is 15.9 Å². The van der Waals surface area contributed by atoms with E-state index in [-0.39, 0.29) is 10.6 Å². The predicted molar refractivity (Wildman–Crippen MR) is 133 cm³/mol. The molecule has 0 aliphatic rings. The monoisotopic (exact) mass is 487 g/mol. The molecule has 0 heterocycles. The molecule has 0 aromatic heterocycles. The molecule has 7 heteroatoms. The van der Waals surface area contributed by atoms with Crippen LogP contribution in [0.25, 0.3) is 0 Å². The van der Waals surface area contributed by atoms with E-state index in [2.05, 4.69) is 6.92 Å². The van der Waals surface area contributed by atoms with E-state index in [1.165, 1.54) is 36.0 Å². The van der Waals surface area contributed by atoms with Crippen molar-refractivity contribution < 1.29 is 13.2 Å². The molecule has 0 radical (unpaired) electrons. The summed E-state index contributed by atoms with van der Waals surface area (Å²) in [6.45, 7) is 4.11. The molecule has 0 saturated carbocycles. The number of benzene rings is 3. The van der Waals surface area contributed by atoms with Crippen molar-refractivity contribution in [2.24, 2.45) is 0 Å². The Balaban J connectivity index is 1.91. The van der Waals surface area contributed by atoms with Gasteiger partial charge in [0.25, 0.3) is 15.9 Å². The van der Waals surface area contributed by atoms with E-state index in [0.29, 0.717) is 10.7 Å². The highest BCUT2D eigenvalue weighted by molar-refractivity contribution is 8.00. The second kappa shape index (κ2) is 11.0. The minimum absolute atomic E-state index is 0.00648. The van der Waals surface area contributed by atoms with Gasteiger partial charge in [-0.2, -0.15) is 0 Å². The molecule has 0 fully saturated rings. The number of carbonyl (C=O) groups is 1. The van der Waals surface area contributed by atoms with Crippen LogP contribution in [0, 0.1) is 6.92 Å². The Kier molecular flexibility index (Phi) is 8.40. The third-order valence-corrected chi connectivity index (χ3v) is 7.96. The zero-order valence-electron chi connectivity index (χ0n) is 18.1. The first kappa shape index (κ1) is 24.4. The van der Waals surface area contributed by atoms with Gasteiger partial charge in [-0.3, -0.25) is 4.79 Å². The smallest absolute Gasteiger partial charge is 0.270 e. The van der Waals surface area contributed by atoms with Crippen molar-refractivity contribution in [1.82, 2.24) is 0 Å². The van der Waals surface area contributed by atoms with Gasteiger partial charge in [0, 0.05) is 9.92 Å². The zero-order valence-corrected chi connectivity index (χ0v) is 20.5. The lowest BCUT2D eigenvalue weighted by atomic mass is 10.1. The van der Waals surface area contributed by atoms with Crippen LogP contribution in [0.4, 0.5) is 5.69 Å². The first-order chi connectivity index (χ1) is 15.3. The third-order valence-electron chi connectivity index (χ3n) is 4.95. The molecular formula is C25H26ClNO3S2. The van der Waals surface area contributed by atoms with Crippen molar-refractivity contribution in [3.63, 3.8) is 0 Å². The van der Waals surface area contributed by atoms with E-state index in [9.17, 15) is 13.2 Å². The first-order valence-corrected chi connectivity index (χ1v) is 13.2. The maximum absolute atomic E-state index is 13.5. The number of sulfonamides is 1. The number of amides is 1.